The van der Waals surface area contributed by atoms with Gasteiger partial charge >= 0.3 is 0 Å². The maximum atomic E-state index is 13.6. The molecule has 3 aliphatic rings. The highest BCUT2D eigenvalue weighted by atomic mass is 32.2. The number of nitrogens with zero attached hydrogens (tertiary/aromatic N) is 2. The summed E-state index contributed by atoms with van der Waals surface area (Å²) in [7, 11) is -1.85. The number of ether oxygens (including phenoxy) is 3. The van der Waals surface area contributed by atoms with Gasteiger partial charge in [-0.1, -0.05) is 24.3 Å². The Balaban J connectivity index is 1.29. The van der Waals surface area contributed by atoms with Crippen LogP contribution in [0.15, 0.2) is 90.1 Å². The van der Waals surface area contributed by atoms with Crippen molar-refractivity contribution in [3.05, 3.63) is 102 Å². The quantitative estimate of drug-likeness (QED) is 0.334. The highest BCUT2D eigenvalue weighted by molar-refractivity contribution is 7.90. The standard InChI is InChI=1S/C35H34N4O8S/c1-45-31-15-28-9-8-24(31)18-37-33(40)21-46-27-5-3-4-23(14-27)25-13-26(17-36-16-25)35(42)38-30-19-39(20-32(30)47-28)34(41)12-22-6-10-29(11-7-22)48(2,43)44/h3-11,13-17,30,32H,12,18-21H2,1-2H3,(H,37,40)(H,38,42)/t30-,32-/m0/s1. The van der Waals surface area contributed by atoms with Crippen LogP contribution < -0.4 is 24.8 Å². The summed E-state index contributed by atoms with van der Waals surface area (Å²) in [6, 6.07) is 19.7. The van der Waals surface area contributed by atoms with Crippen molar-refractivity contribution >= 4 is 27.6 Å². The van der Waals surface area contributed by atoms with Gasteiger partial charge in [-0.2, -0.15) is 0 Å². The van der Waals surface area contributed by atoms with Gasteiger partial charge in [0.25, 0.3) is 11.8 Å². The molecule has 2 N–H and O–H groups in total. The first kappa shape index (κ1) is 32.5. The molecule has 3 amide bonds. The summed E-state index contributed by atoms with van der Waals surface area (Å²) in [6.07, 6.45) is 3.66. The summed E-state index contributed by atoms with van der Waals surface area (Å²) in [5, 5.41) is 5.89. The molecular weight excluding hydrogens is 636 g/mol. The third-order valence-corrected chi connectivity index (χ3v) is 9.33. The third-order valence-electron chi connectivity index (χ3n) is 8.20. The second-order valence-electron chi connectivity index (χ2n) is 11.7. The molecule has 7 rings (SSSR count). The van der Waals surface area contributed by atoms with Crippen LogP contribution in [0.2, 0.25) is 0 Å². The summed E-state index contributed by atoms with van der Waals surface area (Å²) in [5.41, 5.74) is 3.11. The smallest absolute Gasteiger partial charge is 0.258 e. The lowest BCUT2D eigenvalue weighted by molar-refractivity contribution is -0.129. The average Bonchev–Trinajstić information content (AvgIpc) is 3.48. The molecule has 4 aromatic rings. The number of aromatic nitrogens is 1. The maximum Gasteiger partial charge on any atom is 0.258 e. The average molecular weight is 671 g/mol. The predicted molar refractivity (Wildman–Crippen MR) is 176 cm³/mol. The first-order chi connectivity index (χ1) is 23.1. The Bertz CT molecular complexity index is 1970. The number of nitrogens with one attached hydrogen (secondary N) is 2. The van der Waals surface area contributed by atoms with E-state index in [-0.39, 0.29) is 55.3 Å². The minimum Gasteiger partial charge on any atom is -0.496 e. The molecule has 0 radical (unpaired) electrons. The highest BCUT2D eigenvalue weighted by Crippen LogP contribution is 2.28. The molecule has 6 bridgehead atoms. The van der Waals surface area contributed by atoms with Crippen LogP contribution in [-0.2, 0) is 32.4 Å². The van der Waals surface area contributed by atoms with Crippen LogP contribution in [-0.4, -0.2) is 81.2 Å². The van der Waals surface area contributed by atoms with Gasteiger partial charge in [-0.25, -0.2) is 8.42 Å². The molecule has 1 fully saturated rings. The predicted octanol–water partition coefficient (Wildman–Crippen LogP) is 2.80. The van der Waals surface area contributed by atoms with Gasteiger partial charge in [0.1, 0.15) is 23.4 Å². The molecule has 0 aliphatic carbocycles. The lowest BCUT2D eigenvalue weighted by Crippen LogP contribution is -2.45. The van der Waals surface area contributed by atoms with E-state index in [0.29, 0.717) is 33.9 Å². The second kappa shape index (κ2) is 13.7. The van der Waals surface area contributed by atoms with E-state index < -0.39 is 22.0 Å². The highest BCUT2D eigenvalue weighted by Gasteiger charge is 2.38. The Labute approximate surface area is 278 Å². The molecule has 2 atom stereocenters. The first-order valence-electron chi connectivity index (χ1n) is 15.2. The number of sulfone groups is 1. The van der Waals surface area contributed by atoms with Crippen molar-refractivity contribution in [2.45, 2.75) is 30.0 Å². The van der Waals surface area contributed by atoms with Crippen molar-refractivity contribution in [3.8, 4) is 28.4 Å². The molecular formula is C35H34N4O8S. The van der Waals surface area contributed by atoms with E-state index in [1.54, 1.807) is 65.7 Å². The monoisotopic (exact) mass is 670 g/mol. The number of fused-ring (bicyclic) bond motifs is 7. The molecule has 1 saturated heterocycles. The fraction of sp³-hybridized carbons (Fsp3) is 0.257. The lowest BCUT2D eigenvalue weighted by Gasteiger charge is -2.22. The number of hydrogen-bond acceptors (Lipinski definition) is 9. The van der Waals surface area contributed by atoms with E-state index in [1.807, 2.05) is 6.07 Å². The molecule has 13 heteroatoms. The fourth-order valence-electron chi connectivity index (χ4n) is 5.63. The van der Waals surface area contributed by atoms with Gasteiger partial charge in [-0.3, -0.25) is 19.4 Å². The normalized spacial score (nSPS) is 18.1. The van der Waals surface area contributed by atoms with Crippen molar-refractivity contribution in [2.24, 2.45) is 0 Å². The van der Waals surface area contributed by atoms with Crippen molar-refractivity contribution in [1.29, 1.82) is 0 Å². The lowest BCUT2D eigenvalue weighted by atomic mass is 10.1. The Morgan fingerprint density at radius 2 is 1.75 bits per heavy atom. The molecule has 0 unspecified atom stereocenters. The number of pyridine rings is 1. The molecule has 1 aromatic heterocycles. The molecule has 248 valence electrons. The zero-order valence-corrected chi connectivity index (χ0v) is 27.2. The van der Waals surface area contributed by atoms with E-state index in [1.165, 1.54) is 25.4 Å². The van der Waals surface area contributed by atoms with Crippen LogP contribution in [0.5, 0.6) is 17.2 Å². The van der Waals surface area contributed by atoms with Gasteiger partial charge in [0.15, 0.2) is 16.4 Å². The Hall–Kier alpha value is -5.43. The fourth-order valence-corrected chi connectivity index (χ4v) is 6.26. The summed E-state index contributed by atoms with van der Waals surface area (Å²) in [6.45, 7) is 0.373. The van der Waals surface area contributed by atoms with E-state index >= 15 is 0 Å². The first-order valence-corrected chi connectivity index (χ1v) is 17.1. The van der Waals surface area contributed by atoms with Crippen molar-refractivity contribution < 1.29 is 37.0 Å². The largest absolute Gasteiger partial charge is 0.496 e. The Morgan fingerprint density at radius 1 is 0.958 bits per heavy atom. The molecule has 0 spiro atoms. The number of hydrogen-bond donors (Lipinski definition) is 2. The van der Waals surface area contributed by atoms with Crippen molar-refractivity contribution in [3.63, 3.8) is 0 Å². The van der Waals surface area contributed by atoms with Crippen molar-refractivity contribution in [1.82, 2.24) is 20.5 Å². The molecule has 0 saturated carbocycles. The van der Waals surface area contributed by atoms with Gasteiger partial charge in [0.05, 0.1) is 36.6 Å². The summed E-state index contributed by atoms with van der Waals surface area (Å²) < 4.78 is 41.4. The number of likely N-dealkylation sites (tertiary alicyclic amines) is 1. The van der Waals surface area contributed by atoms with E-state index in [0.717, 1.165) is 17.4 Å². The zero-order valence-electron chi connectivity index (χ0n) is 26.3. The van der Waals surface area contributed by atoms with E-state index in [2.05, 4.69) is 15.6 Å². The Morgan fingerprint density at radius 3 is 2.52 bits per heavy atom. The third kappa shape index (κ3) is 7.58. The zero-order chi connectivity index (χ0) is 33.8. The number of carbonyl (C=O) groups is 3. The molecule has 4 heterocycles. The maximum absolute atomic E-state index is 13.6. The van der Waals surface area contributed by atoms with Crippen LogP contribution in [0.25, 0.3) is 11.1 Å². The number of amides is 3. The van der Waals surface area contributed by atoms with Gasteiger partial charge in [-0.05, 0) is 53.6 Å². The van der Waals surface area contributed by atoms with Crippen LogP contribution in [0.3, 0.4) is 0 Å². The summed E-state index contributed by atoms with van der Waals surface area (Å²) in [5.74, 6) is 0.519. The van der Waals surface area contributed by atoms with Gasteiger partial charge in [-0.15, -0.1) is 0 Å². The van der Waals surface area contributed by atoms with Crippen LogP contribution in [0.4, 0.5) is 0 Å². The number of methoxy groups -OCH3 is 1. The van der Waals surface area contributed by atoms with Gasteiger partial charge in [0, 0.05) is 48.9 Å². The van der Waals surface area contributed by atoms with Crippen LogP contribution in [0.1, 0.15) is 21.5 Å². The molecule has 3 aliphatic heterocycles. The summed E-state index contributed by atoms with van der Waals surface area (Å²) in [4.78, 5) is 45.8. The van der Waals surface area contributed by atoms with E-state index in [9.17, 15) is 22.8 Å². The van der Waals surface area contributed by atoms with Crippen LogP contribution >= 0.6 is 0 Å². The SMILES string of the molecule is COc1cc2ccc1CNC(=O)COc1cccc(c1)-c1cncc(c1)C(=O)N[C@H]1CN(C(=O)Cc3ccc(S(C)(=O)=O)cc3)C[C@@H]1O2. The molecule has 3 aromatic carbocycles. The molecule has 48 heavy (non-hydrogen) atoms. The topological polar surface area (TPSA) is 153 Å². The van der Waals surface area contributed by atoms with Gasteiger partial charge in [0.2, 0.25) is 5.91 Å². The number of benzene rings is 3. The number of carbonyl (C=O) groups excluding carboxylic acids is 3. The summed E-state index contributed by atoms with van der Waals surface area (Å²) >= 11 is 0. The molecule has 12 nitrogen and oxygen atoms in total. The van der Waals surface area contributed by atoms with Crippen molar-refractivity contribution in [2.75, 3.05) is 33.1 Å². The second-order valence-corrected chi connectivity index (χ2v) is 13.7. The van der Waals surface area contributed by atoms with Gasteiger partial charge < -0.3 is 29.7 Å². The minimum absolute atomic E-state index is 0.0421. The van der Waals surface area contributed by atoms with E-state index in [4.69, 9.17) is 14.2 Å². The minimum atomic E-state index is -3.36. The number of rotatable bonds is 4. The Kier molecular flexibility index (Phi) is 9.30. The van der Waals surface area contributed by atoms with Crippen LogP contribution in [0, 0.1) is 0 Å².